The van der Waals surface area contributed by atoms with Crippen molar-refractivity contribution in [3.8, 4) is 0 Å². The summed E-state index contributed by atoms with van der Waals surface area (Å²) in [5.74, 6) is 0.599. The van der Waals surface area contributed by atoms with Crippen molar-refractivity contribution in [1.82, 2.24) is 0 Å². The number of carbonyl (C=O) groups is 2. The molecule has 4 aliphatic rings. The minimum absolute atomic E-state index is 0.0136. The molecule has 0 aromatic carbocycles. The fourth-order valence-corrected chi connectivity index (χ4v) is 8.38. The third kappa shape index (κ3) is 3.21. The van der Waals surface area contributed by atoms with Gasteiger partial charge < -0.3 is 15.3 Å². The van der Waals surface area contributed by atoms with E-state index in [1.54, 1.807) is 6.08 Å². The summed E-state index contributed by atoms with van der Waals surface area (Å²) in [5, 5.41) is 34.8. The van der Waals surface area contributed by atoms with Crippen molar-refractivity contribution in [2.75, 3.05) is 0 Å². The van der Waals surface area contributed by atoms with Crippen molar-refractivity contribution in [3.05, 3.63) is 11.6 Å². The molecule has 5 nitrogen and oxygen atoms in total. The Balaban J connectivity index is 1.68. The topological polar surface area (TPSA) is 94.8 Å². The Hall–Kier alpha value is -1.04. The lowest BCUT2D eigenvalue weighted by molar-refractivity contribution is -0.194. The van der Waals surface area contributed by atoms with Gasteiger partial charge in [0.15, 0.2) is 5.78 Å². The van der Waals surface area contributed by atoms with E-state index in [9.17, 15) is 24.9 Å². The van der Waals surface area contributed by atoms with Crippen LogP contribution in [-0.4, -0.2) is 44.2 Å². The quantitative estimate of drug-likeness (QED) is 0.594. The van der Waals surface area contributed by atoms with E-state index in [1.165, 1.54) is 0 Å². The lowest BCUT2D eigenvalue weighted by Crippen LogP contribution is -2.68. The summed E-state index contributed by atoms with van der Waals surface area (Å²) >= 11 is 0. The molecule has 0 aromatic heterocycles. The van der Waals surface area contributed by atoms with Crippen LogP contribution in [0.1, 0.15) is 92.4 Å². The first-order chi connectivity index (χ1) is 14.8. The molecule has 0 aliphatic heterocycles. The normalized spacial score (nSPS) is 46.8. The van der Waals surface area contributed by atoms with Gasteiger partial charge in [-0.2, -0.15) is 0 Å². The first kappa shape index (κ1) is 24.1. The van der Waals surface area contributed by atoms with Gasteiger partial charge in [0, 0.05) is 29.6 Å². The van der Waals surface area contributed by atoms with Crippen molar-refractivity contribution in [1.29, 1.82) is 0 Å². The van der Waals surface area contributed by atoms with Crippen LogP contribution in [0.4, 0.5) is 0 Å². The van der Waals surface area contributed by atoms with Gasteiger partial charge >= 0.3 is 0 Å². The molecule has 3 saturated carbocycles. The van der Waals surface area contributed by atoms with Crippen LogP contribution >= 0.6 is 0 Å². The zero-order valence-corrected chi connectivity index (χ0v) is 20.5. The van der Waals surface area contributed by atoms with Crippen LogP contribution in [0.5, 0.6) is 0 Å². The third-order valence-corrected chi connectivity index (χ3v) is 10.1. The van der Waals surface area contributed by atoms with Gasteiger partial charge in [-0.15, -0.1) is 0 Å². The molecule has 0 saturated heterocycles. The number of fused-ring (bicyclic) bond motifs is 5. The molecule has 180 valence electrons. The monoisotopic (exact) mass is 446 g/mol. The molecule has 8 atom stereocenters. The molecular weight excluding hydrogens is 404 g/mol. The highest BCUT2D eigenvalue weighted by Gasteiger charge is 2.71. The molecule has 0 amide bonds. The Labute approximate surface area is 192 Å². The Morgan fingerprint density at radius 3 is 2.31 bits per heavy atom. The van der Waals surface area contributed by atoms with Crippen LogP contribution in [0, 0.1) is 34.5 Å². The van der Waals surface area contributed by atoms with Crippen LogP contribution in [-0.2, 0) is 9.59 Å². The fourth-order valence-electron chi connectivity index (χ4n) is 8.38. The van der Waals surface area contributed by atoms with E-state index in [0.717, 1.165) is 6.42 Å². The first-order valence-electron chi connectivity index (χ1n) is 12.7. The van der Waals surface area contributed by atoms with Crippen molar-refractivity contribution < 1.29 is 24.9 Å². The van der Waals surface area contributed by atoms with E-state index in [2.05, 4.69) is 27.7 Å². The molecule has 4 rings (SSSR count). The van der Waals surface area contributed by atoms with Crippen molar-refractivity contribution >= 4 is 11.6 Å². The van der Waals surface area contributed by atoms with Crippen LogP contribution < -0.4 is 0 Å². The second kappa shape index (κ2) is 7.74. The maximum absolute atomic E-state index is 13.2. The van der Waals surface area contributed by atoms with Crippen LogP contribution in [0.15, 0.2) is 11.6 Å². The molecule has 0 bridgehead atoms. The number of hydrogen-bond acceptors (Lipinski definition) is 5. The standard InChI is InChI=1S/C27H42O5/c1-16(2)12-19(29)13-17(3)20-8-9-26(31)23-14-22(30)21-7-6-18(28)15-25(21,5)27(23,32)11-10-24(20,26)4/h14,16-18,20-21,28,31-32H,6-13,15H2,1-5H3/t17-,18-,20-,21?,24-,25+,26-,27-/m1/s1. The van der Waals surface area contributed by atoms with Gasteiger partial charge in [0.2, 0.25) is 0 Å². The predicted molar refractivity (Wildman–Crippen MR) is 123 cm³/mol. The highest BCUT2D eigenvalue weighted by Crippen LogP contribution is 2.69. The van der Waals surface area contributed by atoms with Gasteiger partial charge in [-0.25, -0.2) is 0 Å². The summed E-state index contributed by atoms with van der Waals surface area (Å²) < 4.78 is 0. The van der Waals surface area contributed by atoms with Crippen LogP contribution in [0.25, 0.3) is 0 Å². The number of hydrogen-bond donors (Lipinski definition) is 3. The number of rotatable bonds is 5. The van der Waals surface area contributed by atoms with E-state index < -0.39 is 28.1 Å². The van der Waals surface area contributed by atoms with E-state index >= 15 is 0 Å². The number of aliphatic hydroxyl groups is 3. The Morgan fingerprint density at radius 1 is 1.00 bits per heavy atom. The third-order valence-electron chi connectivity index (χ3n) is 10.1. The van der Waals surface area contributed by atoms with E-state index in [-0.39, 0.29) is 29.3 Å². The van der Waals surface area contributed by atoms with E-state index in [4.69, 9.17) is 0 Å². The lowest BCUT2D eigenvalue weighted by atomic mass is 9.44. The minimum atomic E-state index is -1.28. The molecule has 3 N–H and O–H groups in total. The second-order valence-electron chi connectivity index (χ2n) is 12.5. The Kier molecular flexibility index (Phi) is 5.83. The molecule has 32 heavy (non-hydrogen) atoms. The predicted octanol–water partition coefficient (Wildman–Crippen LogP) is 3.98. The highest BCUT2D eigenvalue weighted by molar-refractivity contribution is 5.95. The van der Waals surface area contributed by atoms with Crippen LogP contribution in [0.2, 0.25) is 0 Å². The number of allylic oxidation sites excluding steroid dienone is 1. The van der Waals surface area contributed by atoms with Gasteiger partial charge in [0.25, 0.3) is 0 Å². The van der Waals surface area contributed by atoms with Gasteiger partial charge in [0.1, 0.15) is 5.78 Å². The van der Waals surface area contributed by atoms with Gasteiger partial charge in [-0.05, 0) is 74.3 Å². The molecule has 0 heterocycles. The molecule has 0 radical (unpaired) electrons. The van der Waals surface area contributed by atoms with Gasteiger partial charge in [0.05, 0.1) is 17.3 Å². The molecule has 4 aliphatic carbocycles. The summed E-state index contributed by atoms with van der Waals surface area (Å²) in [7, 11) is 0. The largest absolute Gasteiger partial charge is 0.393 e. The summed E-state index contributed by atoms with van der Waals surface area (Å²) in [6.07, 6.45) is 6.10. The summed E-state index contributed by atoms with van der Waals surface area (Å²) in [6.45, 7) is 10.3. The Morgan fingerprint density at radius 2 is 1.66 bits per heavy atom. The summed E-state index contributed by atoms with van der Waals surface area (Å²) in [5.41, 5.74) is -3.31. The molecule has 0 aromatic rings. The summed E-state index contributed by atoms with van der Waals surface area (Å²) in [4.78, 5) is 25.7. The number of carbonyl (C=O) groups excluding carboxylic acids is 2. The van der Waals surface area contributed by atoms with Crippen molar-refractivity contribution in [3.63, 3.8) is 0 Å². The molecular formula is C27H42O5. The fraction of sp³-hybridized carbons (Fsp3) is 0.852. The molecule has 1 unspecified atom stereocenters. The average Bonchev–Trinajstić information content (AvgIpc) is 2.95. The lowest BCUT2D eigenvalue weighted by Gasteiger charge is -2.63. The Bertz CT molecular complexity index is 832. The second-order valence-corrected chi connectivity index (χ2v) is 12.5. The van der Waals surface area contributed by atoms with E-state index in [1.807, 2.05) is 6.92 Å². The zero-order chi connectivity index (χ0) is 23.7. The van der Waals surface area contributed by atoms with Gasteiger partial charge in [-0.3, -0.25) is 9.59 Å². The number of aliphatic hydroxyl groups excluding tert-OH is 1. The smallest absolute Gasteiger partial charge is 0.159 e. The molecule has 0 spiro atoms. The van der Waals surface area contributed by atoms with Crippen molar-refractivity contribution in [2.24, 2.45) is 34.5 Å². The molecule has 3 fully saturated rings. The first-order valence-corrected chi connectivity index (χ1v) is 12.7. The number of Topliss-reactive ketones (excluding diaryl/α,β-unsaturated/α-hetero) is 1. The van der Waals surface area contributed by atoms with E-state index in [0.29, 0.717) is 62.9 Å². The minimum Gasteiger partial charge on any atom is -0.393 e. The zero-order valence-electron chi connectivity index (χ0n) is 20.5. The maximum Gasteiger partial charge on any atom is 0.159 e. The maximum atomic E-state index is 13.2. The van der Waals surface area contributed by atoms with Gasteiger partial charge in [-0.1, -0.05) is 34.6 Å². The van der Waals surface area contributed by atoms with Crippen molar-refractivity contribution in [2.45, 2.75) is 110 Å². The molecule has 5 heteroatoms. The summed E-state index contributed by atoms with van der Waals surface area (Å²) in [6, 6.07) is 0. The highest BCUT2D eigenvalue weighted by atomic mass is 16.3. The average molecular weight is 447 g/mol. The SMILES string of the molecule is CC(C)CC(=O)C[C@@H](C)[C@H]1CC[C@@]2(O)C3=CC(=O)C4CC[C@@H](O)C[C@]4(C)[C@@]3(O)CC[C@]12C. The number of ketones is 2. The van der Waals surface area contributed by atoms with Crippen LogP contribution in [0.3, 0.4) is 0 Å².